The number of halogens is 1. The first-order valence-corrected chi connectivity index (χ1v) is 5.60. The van der Waals surface area contributed by atoms with E-state index < -0.39 is 0 Å². The maximum absolute atomic E-state index is 3.58. The Kier molecular flexibility index (Phi) is 4.35. The standard InChI is InChI=1S/C3H5.CH3.BrH.Ni/c1-3-2;;;/h3H,1-2H2;1H3;1H;/q;;;+1/p-1. The van der Waals surface area contributed by atoms with E-state index in [9.17, 15) is 0 Å². The second kappa shape index (κ2) is 3.89. The first-order chi connectivity index (χ1) is 2.77. The Labute approximate surface area is 50.0 Å². The Hall–Kier alpha value is 0.714. The van der Waals surface area contributed by atoms with Crippen LogP contribution in [-0.2, 0) is 11.6 Å². The van der Waals surface area contributed by atoms with Gasteiger partial charge in [-0.3, -0.25) is 0 Å². The van der Waals surface area contributed by atoms with Crippen LogP contribution in [0.1, 0.15) is 0 Å². The van der Waals surface area contributed by atoms with Crippen molar-refractivity contribution in [2.75, 3.05) is 0 Å². The quantitative estimate of drug-likeness (QED) is 0.468. The van der Waals surface area contributed by atoms with Gasteiger partial charge in [-0.05, 0) is 0 Å². The van der Waals surface area contributed by atoms with Crippen LogP contribution in [0.5, 0.6) is 0 Å². The van der Waals surface area contributed by atoms with Crippen molar-refractivity contribution < 1.29 is 11.6 Å². The molecule has 0 radical (unpaired) electrons. The Morgan fingerprint density at radius 2 is 2.50 bits per heavy atom. The first kappa shape index (κ1) is 6.71. The molecule has 0 aromatic carbocycles. The molecule has 0 spiro atoms. The number of hydrogen-bond donors (Lipinski definition) is 0. The summed E-state index contributed by atoms with van der Waals surface area (Å²) in [7, 11) is 0. The topological polar surface area (TPSA) is 0 Å². The van der Waals surface area contributed by atoms with Crippen LogP contribution in [0.25, 0.3) is 0 Å². The molecule has 0 heterocycles. The van der Waals surface area contributed by atoms with E-state index >= 15 is 0 Å². The molecule has 2 heteroatoms. The fraction of sp³-hybridized carbons (Fsp3) is 0.500. The van der Waals surface area contributed by atoms with Crippen molar-refractivity contribution in [3.8, 4) is 0 Å². The molecule has 0 aliphatic carbocycles. The number of allylic oxidation sites excluding steroid dienone is 1. The molecule has 0 unspecified atom stereocenters. The van der Waals surface area contributed by atoms with Crippen molar-refractivity contribution in [3.05, 3.63) is 12.7 Å². The van der Waals surface area contributed by atoms with Crippen LogP contribution in [0.4, 0.5) is 0 Å². The zero-order chi connectivity index (χ0) is 4.99. The number of rotatable bonds is 2. The van der Waals surface area contributed by atoms with Crippen LogP contribution in [0.15, 0.2) is 12.7 Å². The average Bonchev–Trinajstić information content (AvgIpc) is 1.35. The van der Waals surface area contributed by atoms with Gasteiger partial charge in [0.1, 0.15) is 0 Å². The second-order valence-corrected chi connectivity index (χ2v) is 6.11. The van der Waals surface area contributed by atoms with Gasteiger partial charge in [-0.15, -0.1) is 0 Å². The minimum atomic E-state index is 0.272. The summed E-state index contributed by atoms with van der Waals surface area (Å²) in [6, 6.07) is 0. The average molecular weight is 195 g/mol. The molecule has 0 aromatic rings. The zero-order valence-corrected chi connectivity index (χ0v) is 6.26. The third kappa shape index (κ3) is 4.71. The molecule has 41 valence electrons. The van der Waals surface area contributed by atoms with Gasteiger partial charge < -0.3 is 0 Å². The molecule has 0 fully saturated rings. The minimum absolute atomic E-state index is 0.272. The molecule has 0 rings (SSSR count). The summed E-state index contributed by atoms with van der Waals surface area (Å²) in [6.45, 7) is 3.58. The van der Waals surface area contributed by atoms with Gasteiger partial charge in [0.05, 0.1) is 0 Å². The van der Waals surface area contributed by atoms with Gasteiger partial charge in [0.15, 0.2) is 0 Å². The van der Waals surface area contributed by atoms with Crippen LogP contribution < -0.4 is 0 Å². The summed E-state index contributed by atoms with van der Waals surface area (Å²) in [6.07, 6.45) is 1.92. The van der Waals surface area contributed by atoms with Gasteiger partial charge in [-0.1, -0.05) is 0 Å². The van der Waals surface area contributed by atoms with Crippen LogP contribution in [-0.4, -0.2) is 0 Å². The molecule has 0 bridgehead atoms. The van der Waals surface area contributed by atoms with Gasteiger partial charge in [0, 0.05) is 0 Å². The second-order valence-electron chi connectivity index (χ2n) is 0.845. The van der Waals surface area contributed by atoms with Crippen molar-refractivity contribution in [2.24, 2.45) is 0 Å². The van der Waals surface area contributed by atoms with Crippen molar-refractivity contribution >= 4 is 14.2 Å². The summed E-state index contributed by atoms with van der Waals surface area (Å²) >= 11 is 3.68. The van der Waals surface area contributed by atoms with Crippen LogP contribution in [0, 0.1) is 0 Å². The Morgan fingerprint density at radius 3 is 2.50 bits per heavy atom. The number of hydrogen-bond acceptors (Lipinski definition) is 0. The van der Waals surface area contributed by atoms with Crippen molar-refractivity contribution in [1.29, 1.82) is 0 Å². The molecule has 0 nitrogen and oxygen atoms in total. The van der Waals surface area contributed by atoms with E-state index in [0.29, 0.717) is 0 Å². The van der Waals surface area contributed by atoms with Crippen molar-refractivity contribution in [3.63, 3.8) is 0 Å². The summed E-state index contributed by atoms with van der Waals surface area (Å²) in [5, 5.41) is 1.10. The Bertz CT molecular complexity index is 42.8. The van der Waals surface area contributed by atoms with E-state index in [1.54, 1.807) is 0 Å². The van der Waals surface area contributed by atoms with Crippen LogP contribution in [0.2, 0.25) is 11.3 Å². The van der Waals surface area contributed by atoms with Gasteiger partial charge >= 0.3 is 49.8 Å². The van der Waals surface area contributed by atoms with Crippen molar-refractivity contribution in [2.45, 2.75) is 11.3 Å². The van der Waals surface area contributed by atoms with E-state index in [4.69, 9.17) is 0 Å². The van der Waals surface area contributed by atoms with Crippen LogP contribution in [0.3, 0.4) is 0 Å². The van der Waals surface area contributed by atoms with Gasteiger partial charge in [0.25, 0.3) is 0 Å². The molecule has 0 saturated carbocycles. The fourth-order valence-corrected chi connectivity index (χ4v) is 1.12. The molecule has 0 N–H and O–H groups in total. The summed E-state index contributed by atoms with van der Waals surface area (Å²) in [5.74, 6) is 2.14. The van der Waals surface area contributed by atoms with E-state index in [-0.39, 0.29) is 11.6 Å². The molecule has 0 saturated heterocycles. The van der Waals surface area contributed by atoms with Gasteiger partial charge in [0.2, 0.25) is 0 Å². The molecule has 6 heavy (non-hydrogen) atoms. The maximum atomic E-state index is 3.58. The SMILES string of the molecule is C=C[CH2][Ni]([CH3])[Br]. The van der Waals surface area contributed by atoms with E-state index in [1.165, 1.54) is 0 Å². The van der Waals surface area contributed by atoms with Crippen LogP contribution >= 0.6 is 14.2 Å². The summed E-state index contributed by atoms with van der Waals surface area (Å²) in [5.41, 5.74) is 0. The van der Waals surface area contributed by atoms with Gasteiger partial charge in [-0.2, -0.15) is 0 Å². The fourth-order valence-electron chi connectivity index (χ4n) is 0.126. The molecule has 0 amide bonds. The van der Waals surface area contributed by atoms with Gasteiger partial charge in [-0.25, -0.2) is 0 Å². The summed E-state index contributed by atoms with van der Waals surface area (Å²) in [4.78, 5) is 0. The third-order valence-corrected chi connectivity index (χ3v) is 1.95. The molecular formula is C4H8BrNi. The molecule has 0 aliphatic heterocycles. The normalized spacial score (nSPS) is 10.7. The van der Waals surface area contributed by atoms with E-state index in [2.05, 4.69) is 26.7 Å². The molecule has 0 aromatic heterocycles. The third-order valence-electron chi connectivity index (χ3n) is 0.269. The predicted molar refractivity (Wildman–Crippen MR) is 29.8 cm³/mol. The van der Waals surface area contributed by atoms with E-state index in [1.807, 2.05) is 6.08 Å². The zero-order valence-electron chi connectivity index (χ0n) is 3.69. The predicted octanol–water partition coefficient (Wildman–Crippen LogP) is 2.57. The van der Waals surface area contributed by atoms with E-state index in [0.717, 1.165) is 5.39 Å². The first-order valence-electron chi connectivity index (χ1n) is 1.48. The van der Waals surface area contributed by atoms with Crippen molar-refractivity contribution in [1.82, 2.24) is 0 Å². The monoisotopic (exact) mass is 193 g/mol. The Morgan fingerprint density at radius 1 is 2.00 bits per heavy atom. The molecule has 0 aliphatic rings. The summed E-state index contributed by atoms with van der Waals surface area (Å²) < 4.78 is 0. The molecular weight excluding hydrogens is 187 g/mol. The Balaban J connectivity index is 2.81. The molecule has 0 atom stereocenters.